The Morgan fingerprint density at radius 2 is 1.86 bits per heavy atom. The number of anilines is 1. The van der Waals surface area contributed by atoms with Gasteiger partial charge in [-0.05, 0) is 61.4 Å². The van der Waals surface area contributed by atoms with Crippen LogP contribution in [0.1, 0.15) is 28.8 Å². The number of carbonyl (C=O) groups is 1. The molecule has 0 aliphatic carbocycles. The molecule has 3 rings (SSSR count). The van der Waals surface area contributed by atoms with E-state index in [9.17, 15) is 4.79 Å². The van der Waals surface area contributed by atoms with Gasteiger partial charge in [0, 0.05) is 23.8 Å². The van der Waals surface area contributed by atoms with Crippen LogP contribution in [0.15, 0.2) is 35.7 Å². The molecule has 0 saturated carbocycles. The largest absolute Gasteiger partial charge is 0.381 e. The number of nitrogens with one attached hydrogen (secondary N) is 1. The summed E-state index contributed by atoms with van der Waals surface area (Å²) in [6.45, 7) is 5.37. The van der Waals surface area contributed by atoms with Crippen LogP contribution in [-0.4, -0.2) is 19.1 Å². The first-order valence-electron chi connectivity index (χ1n) is 7.62. The highest BCUT2D eigenvalue weighted by Gasteiger charge is 2.42. The van der Waals surface area contributed by atoms with Crippen LogP contribution in [-0.2, 0) is 14.9 Å². The van der Waals surface area contributed by atoms with Gasteiger partial charge in [-0.2, -0.15) is 0 Å². The first-order chi connectivity index (χ1) is 10.6. The second-order valence-corrected chi connectivity index (χ2v) is 6.95. The zero-order valence-corrected chi connectivity index (χ0v) is 13.8. The van der Waals surface area contributed by atoms with E-state index in [4.69, 9.17) is 4.74 Å². The molecule has 1 aromatic heterocycles. The second-order valence-electron chi connectivity index (χ2n) is 6.00. The number of ether oxygens (including phenoxy) is 1. The highest BCUT2D eigenvalue weighted by Crippen LogP contribution is 2.38. The van der Waals surface area contributed by atoms with E-state index in [0.29, 0.717) is 13.2 Å². The molecule has 1 aliphatic heterocycles. The molecule has 1 N–H and O–H groups in total. The van der Waals surface area contributed by atoms with Crippen molar-refractivity contribution in [2.24, 2.45) is 0 Å². The van der Waals surface area contributed by atoms with Crippen molar-refractivity contribution in [1.82, 2.24) is 0 Å². The SMILES string of the molecule is Cc1cc(C)cc(NC(=O)C2(c3cccs3)CCOCC2)c1. The Kier molecular flexibility index (Phi) is 4.32. The number of hydrogen-bond donors (Lipinski definition) is 1. The van der Waals surface area contributed by atoms with E-state index in [1.54, 1.807) is 11.3 Å². The van der Waals surface area contributed by atoms with Crippen LogP contribution in [0.2, 0.25) is 0 Å². The molecule has 2 aromatic rings. The fraction of sp³-hybridized carbons (Fsp3) is 0.389. The summed E-state index contributed by atoms with van der Waals surface area (Å²) in [7, 11) is 0. The average Bonchev–Trinajstić information content (AvgIpc) is 3.01. The Bertz CT molecular complexity index is 637. The number of carbonyl (C=O) groups excluding carboxylic acids is 1. The standard InChI is InChI=1S/C18H21NO2S/c1-13-10-14(2)12-15(11-13)19-17(20)18(5-7-21-8-6-18)16-4-3-9-22-16/h3-4,9-12H,5-8H2,1-2H3,(H,19,20). The van der Waals surface area contributed by atoms with Gasteiger partial charge in [-0.3, -0.25) is 4.79 Å². The third kappa shape index (κ3) is 2.94. The molecule has 3 nitrogen and oxygen atoms in total. The predicted molar refractivity (Wildman–Crippen MR) is 90.6 cm³/mol. The lowest BCUT2D eigenvalue weighted by atomic mass is 9.78. The molecule has 22 heavy (non-hydrogen) atoms. The molecule has 2 heterocycles. The van der Waals surface area contributed by atoms with Gasteiger partial charge in [0.1, 0.15) is 0 Å². The first-order valence-corrected chi connectivity index (χ1v) is 8.50. The fourth-order valence-electron chi connectivity index (χ4n) is 3.15. The van der Waals surface area contributed by atoms with Crippen LogP contribution in [0.5, 0.6) is 0 Å². The van der Waals surface area contributed by atoms with Crippen molar-refractivity contribution in [1.29, 1.82) is 0 Å². The number of benzene rings is 1. The van der Waals surface area contributed by atoms with Gasteiger partial charge >= 0.3 is 0 Å². The molecule has 0 atom stereocenters. The van der Waals surface area contributed by atoms with Crippen LogP contribution in [0.25, 0.3) is 0 Å². The van der Waals surface area contributed by atoms with Crippen molar-refractivity contribution in [2.45, 2.75) is 32.1 Å². The summed E-state index contributed by atoms with van der Waals surface area (Å²) in [5.74, 6) is 0.0863. The lowest BCUT2D eigenvalue weighted by Gasteiger charge is -2.35. The van der Waals surface area contributed by atoms with Crippen molar-refractivity contribution < 1.29 is 9.53 Å². The summed E-state index contributed by atoms with van der Waals surface area (Å²) in [6, 6.07) is 10.2. The second kappa shape index (κ2) is 6.23. The predicted octanol–water partition coefficient (Wildman–Crippen LogP) is 4.05. The van der Waals surface area contributed by atoms with E-state index in [1.807, 2.05) is 37.4 Å². The molecule has 1 fully saturated rings. The van der Waals surface area contributed by atoms with Gasteiger partial charge < -0.3 is 10.1 Å². The van der Waals surface area contributed by atoms with Crippen LogP contribution >= 0.6 is 11.3 Å². The summed E-state index contributed by atoms with van der Waals surface area (Å²) < 4.78 is 5.49. The lowest BCUT2D eigenvalue weighted by molar-refractivity contribution is -0.125. The Morgan fingerprint density at radius 3 is 2.45 bits per heavy atom. The van der Waals surface area contributed by atoms with E-state index < -0.39 is 5.41 Å². The van der Waals surface area contributed by atoms with Gasteiger partial charge in [0.05, 0.1) is 5.41 Å². The minimum Gasteiger partial charge on any atom is -0.381 e. The maximum Gasteiger partial charge on any atom is 0.236 e. The molecule has 0 unspecified atom stereocenters. The average molecular weight is 315 g/mol. The number of rotatable bonds is 3. The van der Waals surface area contributed by atoms with Crippen LogP contribution in [0.4, 0.5) is 5.69 Å². The Morgan fingerprint density at radius 1 is 1.18 bits per heavy atom. The molecule has 1 aliphatic rings. The first kappa shape index (κ1) is 15.3. The molecule has 1 aromatic carbocycles. The molecular weight excluding hydrogens is 294 g/mol. The Hall–Kier alpha value is -1.65. The van der Waals surface area contributed by atoms with Gasteiger partial charge in [-0.1, -0.05) is 12.1 Å². The fourth-order valence-corrected chi connectivity index (χ4v) is 4.14. The molecule has 0 bridgehead atoms. The minimum absolute atomic E-state index is 0.0863. The maximum absolute atomic E-state index is 13.1. The zero-order valence-electron chi connectivity index (χ0n) is 13.0. The van der Waals surface area contributed by atoms with E-state index in [1.165, 1.54) is 0 Å². The molecule has 0 radical (unpaired) electrons. The van der Waals surface area contributed by atoms with Crippen LogP contribution in [0.3, 0.4) is 0 Å². The van der Waals surface area contributed by atoms with Crippen LogP contribution in [0, 0.1) is 13.8 Å². The maximum atomic E-state index is 13.1. The molecule has 4 heteroatoms. The Balaban J connectivity index is 1.90. The van der Waals surface area contributed by atoms with Gasteiger partial charge in [-0.25, -0.2) is 0 Å². The highest BCUT2D eigenvalue weighted by molar-refractivity contribution is 7.10. The topological polar surface area (TPSA) is 38.3 Å². The van der Waals surface area contributed by atoms with Crippen molar-refractivity contribution in [3.8, 4) is 0 Å². The lowest BCUT2D eigenvalue weighted by Crippen LogP contribution is -2.44. The summed E-state index contributed by atoms with van der Waals surface area (Å²) >= 11 is 1.66. The van der Waals surface area contributed by atoms with Gasteiger partial charge in [0.25, 0.3) is 0 Å². The zero-order chi connectivity index (χ0) is 15.6. The third-order valence-electron chi connectivity index (χ3n) is 4.25. The molecular formula is C18H21NO2S. The Labute approximate surface area is 135 Å². The van der Waals surface area contributed by atoms with Crippen molar-refractivity contribution in [3.63, 3.8) is 0 Å². The number of aryl methyl sites for hydroxylation is 2. The summed E-state index contributed by atoms with van der Waals surface area (Å²) in [4.78, 5) is 14.2. The minimum atomic E-state index is -0.454. The normalized spacial score (nSPS) is 17.2. The summed E-state index contributed by atoms with van der Waals surface area (Å²) in [5, 5.41) is 5.17. The quantitative estimate of drug-likeness (QED) is 0.928. The van der Waals surface area contributed by atoms with Gasteiger partial charge in [0.2, 0.25) is 5.91 Å². The summed E-state index contributed by atoms with van der Waals surface area (Å²) in [6.07, 6.45) is 1.48. The van der Waals surface area contributed by atoms with E-state index in [0.717, 1.165) is 34.5 Å². The molecule has 0 spiro atoms. The van der Waals surface area contributed by atoms with Crippen molar-refractivity contribution in [3.05, 3.63) is 51.7 Å². The van der Waals surface area contributed by atoms with E-state index in [-0.39, 0.29) is 5.91 Å². The molecule has 1 amide bonds. The van der Waals surface area contributed by atoms with Crippen LogP contribution < -0.4 is 5.32 Å². The summed E-state index contributed by atoms with van der Waals surface area (Å²) in [5.41, 5.74) is 2.74. The smallest absolute Gasteiger partial charge is 0.236 e. The number of amides is 1. The van der Waals surface area contributed by atoms with Gasteiger partial charge in [-0.15, -0.1) is 11.3 Å². The monoisotopic (exact) mass is 315 g/mol. The number of hydrogen-bond acceptors (Lipinski definition) is 3. The van der Waals surface area contributed by atoms with E-state index >= 15 is 0 Å². The highest BCUT2D eigenvalue weighted by atomic mass is 32.1. The third-order valence-corrected chi connectivity index (χ3v) is 5.33. The molecule has 1 saturated heterocycles. The van der Waals surface area contributed by atoms with E-state index in [2.05, 4.69) is 17.4 Å². The molecule has 116 valence electrons. The van der Waals surface area contributed by atoms with Crippen molar-refractivity contribution >= 4 is 22.9 Å². The van der Waals surface area contributed by atoms with Gasteiger partial charge in [0.15, 0.2) is 0 Å². The van der Waals surface area contributed by atoms with Crippen molar-refractivity contribution in [2.75, 3.05) is 18.5 Å². The number of thiophene rings is 1.